The highest BCUT2D eigenvalue weighted by atomic mass is 32.2. The number of carbonyl (C=O) groups excluding carboxylic acids is 2. The highest BCUT2D eigenvalue weighted by Crippen LogP contribution is 2.31. The van der Waals surface area contributed by atoms with Gasteiger partial charge in [0.2, 0.25) is 0 Å². The van der Waals surface area contributed by atoms with Crippen LogP contribution in [0.2, 0.25) is 0 Å². The second kappa shape index (κ2) is 9.16. The second-order valence-electron chi connectivity index (χ2n) is 8.59. The molecule has 1 heterocycles. The molecular formula is C24H28N2O5S. The van der Waals surface area contributed by atoms with Crippen molar-refractivity contribution in [2.24, 2.45) is 0 Å². The quantitative estimate of drug-likeness (QED) is 0.647. The third-order valence-electron chi connectivity index (χ3n) is 5.20. The van der Waals surface area contributed by atoms with Crippen LogP contribution in [0.25, 0.3) is 0 Å². The average Bonchev–Trinajstić information content (AvgIpc) is 2.73. The smallest absolute Gasteiger partial charge is 0.338 e. The van der Waals surface area contributed by atoms with E-state index in [1.165, 1.54) is 12.1 Å². The van der Waals surface area contributed by atoms with E-state index in [-0.39, 0.29) is 28.2 Å². The van der Waals surface area contributed by atoms with Gasteiger partial charge in [-0.25, -0.2) is 18.0 Å². The van der Waals surface area contributed by atoms with Crippen LogP contribution in [0.3, 0.4) is 0 Å². The van der Waals surface area contributed by atoms with Crippen LogP contribution < -0.4 is 10.6 Å². The van der Waals surface area contributed by atoms with E-state index in [1.807, 2.05) is 24.3 Å². The van der Waals surface area contributed by atoms with Gasteiger partial charge in [0.25, 0.3) is 0 Å². The first-order chi connectivity index (χ1) is 15.0. The standard InChI is InChI=1S/C24H28N2O5S/c1-5-31-22(27)20-19(15-32(29,30)18-9-7-6-8-10-18)25-23(28)26-21(20)16-11-13-17(14-12-16)24(2,3)4/h6-14,21H,5,15H2,1-4H3,(H2,25,26,28)/t21-/m0/s1. The largest absolute Gasteiger partial charge is 0.463 e. The lowest BCUT2D eigenvalue weighted by Gasteiger charge is -2.30. The summed E-state index contributed by atoms with van der Waals surface area (Å²) in [6.07, 6.45) is 0. The first-order valence-electron chi connectivity index (χ1n) is 10.4. The first-order valence-corrected chi connectivity index (χ1v) is 12.0. The zero-order valence-electron chi connectivity index (χ0n) is 18.6. The minimum atomic E-state index is -3.80. The SMILES string of the molecule is CCOC(=O)C1=C(CS(=O)(=O)c2ccccc2)NC(=O)N[C@H]1c1ccc(C(C)(C)C)cc1. The molecular weight excluding hydrogens is 428 g/mol. The maximum Gasteiger partial charge on any atom is 0.338 e. The van der Waals surface area contributed by atoms with E-state index in [0.29, 0.717) is 5.56 Å². The summed E-state index contributed by atoms with van der Waals surface area (Å²) in [6, 6.07) is 14.0. The monoisotopic (exact) mass is 456 g/mol. The van der Waals surface area contributed by atoms with E-state index < -0.39 is 33.6 Å². The number of nitrogens with one attached hydrogen (secondary N) is 2. The van der Waals surface area contributed by atoms with Crippen LogP contribution >= 0.6 is 0 Å². The summed E-state index contributed by atoms with van der Waals surface area (Å²) in [6.45, 7) is 8.05. The van der Waals surface area contributed by atoms with Crippen molar-refractivity contribution in [2.75, 3.05) is 12.4 Å². The van der Waals surface area contributed by atoms with Gasteiger partial charge >= 0.3 is 12.0 Å². The molecule has 1 aliphatic heterocycles. The Morgan fingerprint density at radius 2 is 1.66 bits per heavy atom. The van der Waals surface area contributed by atoms with Crippen LogP contribution in [0.1, 0.15) is 44.9 Å². The van der Waals surface area contributed by atoms with Crippen LogP contribution in [0.5, 0.6) is 0 Å². The van der Waals surface area contributed by atoms with Crippen molar-refractivity contribution in [1.29, 1.82) is 0 Å². The summed E-state index contributed by atoms with van der Waals surface area (Å²) in [5.74, 6) is -1.21. The Balaban J connectivity index is 2.08. The highest BCUT2D eigenvalue weighted by molar-refractivity contribution is 7.91. The maximum absolute atomic E-state index is 13.0. The van der Waals surface area contributed by atoms with Crippen molar-refractivity contribution in [3.8, 4) is 0 Å². The lowest BCUT2D eigenvalue weighted by atomic mass is 9.85. The summed E-state index contributed by atoms with van der Waals surface area (Å²) in [5, 5.41) is 5.25. The molecule has 2 N–H and O–H groups in total. The molecule has 0 saturated heterocycles. The number of amides is 2. The third-order valence-corrected chi connectivity index (χ3v) is 6.85. The van der Waals surface area contributed by atoms with Gasteiger partial charge in [0.05, 0.1) is 28.9 Å². The predicted octanol–water partition coefficient (Wildman–Crippen LogP) is 3.63. The average molecular weight is 457 g/mol. The maximum atomic E-state index is 13.0. The summed E-state index contributed by atoms with van der Waals surface area (Å²) in [7, 11) is -3.80. The Labute approximate surface area is 188 Å². The lowest BCUT2D eigenvalue weighted by Crippen LogP contribution is -2.47. The molecule has 2 aromatic carbocycles. The molecule has 7 nitrogen and oxygen atoms in total. The fourth-order valence-corrected chi connectivity index (χ4v) is 4.85. The lowest BCUT2D eigenvalue weighted by molar-refractivity contribution is -0.139. The molecule has 32 heavy (non-hydrogen) atoms. The Bertz CT molecular complexity index is 1130. The molecule has 2 aromatic rings. The summed E-state index contributed by atoms with van der Waals surface area (Å²) in [4.78, 5) is 25.4. The van der Waals surface area contributed by atoms with E-state index >= 15 is 0 Å². The van der Waals surface area contributed by atoms with E-state index in [9.17, 15) is 18.0 Å². The van der Waals surface area contributed by atoms with Crippen LogP contribution in [-0.4, -0.2) is 32.8 Å². The predicted molar refractivity (Wildman–Crippen MR) is 122 cm³/mol. The Hall–Kier alpha value is -3.13. The molecule has 0 aromatic heterocycles. The van der Waals surface area contributed by atoms with Gasteiger partial charge in [0, 0.05) is 5.70 Å². The zero-order valence-corrected chi connectivity index (χ0v) is 19.5. The molecule has 0 aliphatic carbocycles. The number of sulfone groups is 1. The van der Waals surface area contributed by atoms with E-state index in [0.717, 1.165) is 5.56 Å². The third kappa shape index (κ3) is 5.19. The van der Waals surface area contributed by atoms with Crippen molar-refractivity contribution < 1.29 is 22.7 Å². The van der Waals surface area contributed by atoms with Crippen LogP contribution in [0.4, 0.5) is 4.79 Å². The van der Waals surface area contributed by atoms with Gasteiger partial charge in [-0.05, 0) is 35.6 Å². The fourth-order valence-electron chi connectivity index (χ4n) is 3.51. The molecule has 2 amide bonds. The molecule has 8 heteroatoms. The number of urea groups is 1. The van der Waals surface area contributed by atoms with Crippen LogP contribution in [-0.2, 0) is 24.8 Å². The normalized spacial score (nSPS) is 16.9. The van der Waals surface area contributed by atoms with Gasteiger partial charge in [0.1, 0.15) is 0 Å². The van der Waals surface area contributed by atoms with Crippen molar-refractivity contribution in [1.82, 2.24) is 10.6 Å². The van der Waals surface area contributed by atoms with Crippen LogP contribution in [0, 0.1) is 0 Å². The highest BCUT2D eigenvalue weighted by Gasteiger charge is 2.35. The second-order valence-corrected chi connectivity index (χ2v) is 10.6. The van der Waals surface area contributed by atoms with Gasteiger partial charge < -0.3 is 15.4 Å². The fraction of sp³-hybridized carbons (Fsp3) is 0.333. The molecule has 0 saturated carbocycles. The summed E-state index contributed by atoms with van der Waals surface area (Å²) >= 11 is 0. The molecule has 0 unspecified atom stereocenters. The van der Waals surface area contributed by atoms with Crippen molar-refractivity contribution in [3.05, 3.63) is 77.0 Å². The van der Waals surface area contributed by atoms with Gasteiger partial charge in [-0.15, -0.1) is 0 Å². The topological polar surface area (TPSA) is 102 Å². The van der Waals surface area contributed by atoms with E-state index in [4.69, 9.17) is 4.74 Å². The Kier molecular flexibility index (Phi) is 6.74. The molecule has 0 bridgehead atoms. The number of rotatable bonds is 6. The van der Waals surface area contributed by atoms with Gasteiger partial charge in [0.15, 0.2) is 9.84 Å². The molecule has 1 aliphatic rings. The molecule has 0 fully saturated rings. The van der Waals surface area contributed by atoms with Crippen molar-refractivity contribution >= 4 is 21.8 Å². The van der Waals surface area contributed by atoms with E-state index in [2.05, 4.69) is 31.4 Å². The van der Waals surface area contributed by atoms with Gasteiger partial charge in [-0.1, -0.05) is 63.2 Å². The number of hydrogen-bond acceptors (Lipinski definition) is 5. The van der Waals surface area contributed by atoms with Gasteiger partial charge in [-0.2, -0.15) is 0 Å². The summed E-state index contributed by atoms with van der Waals surface area (Å²) in [5.41, 5.74) is 1.78. The molecule has 0 spiro atoms. The minimum Gasteiger partial charge on any atom is -0.463 e. The number of esters is 1. The van der Waals surface area contributed by atoms with E-state index in [1.54, 1.807) is 25.1 Å². The number of hydrogen-bond donors (Lipinski definition) is 2. The van der Waals surface area contributed by atoms with Gasteiger partial charge in [-0.3, -0.25) is 0 Å². The van der Waals surface area contributed by atoms with Crippen LogP contribution in [0.15, 0.2) is 70.8 Å². The number of carbonyl (C=O) groups is 2. The Morgan fingerprint density at radius 1 is 1.03 bits per heavy atom. The Morgan fingerprint density at radius 3 is 2.22 bits per heavy atom. The van der Waals surface area contributed by atoms with Crippen molar-refractivity contribution in [2.45, 2.75) is 44.0 Å². The number of ether oxygens (including phenoxy) is 1. The minimum absolute atomic E-state index is 0.0148. The molecule has 3 rings (SSSR count). The summed E-state index contributed by atoms with van der Waals surface area (Å²) < 4.78 is 31.2. The molecule has 0 radical (unpaired) electrons. The molecule has 170 valence electrons. The van der Waals surface area contributed by atoms with Crippen molar-refractivity contribution in [3.63, 3.8) is 0 Å². The zero-order chi connectivity index (χ0) is 23.5. The molecule has 1 atom stereocenters. The first kappa shape index (κ1) is 23.5. The number of benzene rings is 2.